The molecule has 1 amide bonds. The van der Waals surface area contributed by atoms with Gasteiger partial charge in [0.2, 0.25) is 0 Å². The molecule has 0 heterocycles. The first-order chi connectivity index (χ1) is 9.09. The van der Waals surface area contributed by atoms with E-state index in [9.17, 15) is 9.59 Å². The highest BCUT2D eigenvalue weighted by Gasteiger charge is 2.11. The van der Waals surface area contributed by atoms with Crippen molar-refractivity contribution in [3.05, 3.63) is 35.9 Å². The maximum absolute atomic E-state index is 11.1. The molecule has 19 heavy (non-hydrogen) atoms. The van der Waals surface area contributed by atoms with Crippen LogP contribution in [0.2, 0.25) is 0 Å². The number of carbonyl (C=O) groups is 2. The molecule has 0 unspecified atom stereocenters. The Labute approximate surface area is 112 Å². The Morgan fingerprint density at radius 3 is 2.26 bits per heavy atom. The molecule has 1 aromatic carbocycles. The van der Waals surface area contributed by atoms with Crippen molar-refractivity contribution in [1.29, 1.82) is 0 Å². The maximum atomic E-state index is 11.1. The predicted molar refractivity (Wildman–Crippen MR) is 71.0 cm³/mol. The number of hydrogen-bond donors (Lipinski definition) is 2. The minimum absolute atomic E-state index is 0.145. The van der Waals surface area contributed by atoms with E-state index >= 15 is 0 Å². The molecule has 0 bridgehead atoms. The molecule has 0 aliphatic heterocycles. The molecule has 1 aromatic rings. The number of nitrogens with zero attached hydrogens (tertiary/aromatic N) is 1. The lowest BCUT2D eigenvalue weighted by Crippen LogP contribution is -2.29. The van der Waals surface area contributed by atoms with E-state index in [0.717, 1.165) is 12.0 Å². The van der Waals surface area contributed by atoms with Gasteiger partial charge < -0.3 is 15.1 Å². The van der Waals surface area contributed by atoms with Gasteiger partial charge in [-0.1, -0.05) is 36.8 Å². The molecule has 0 saturated heterocycles. The van der Waals surface area contributed by atoms with Gasteiger partial charge in [-0.3, -0.25) is 4.79 Å². The van der Waals surface area contributed by atoms with E-state index in [-0.39, 0.29) is 6.42 Å². The summed E-state index contributed by atoms with van der Waals surface area (Å²) in [5, 5.41) is 17.6. The topological polar surface area (TPSA) is 77.8 Å². The SMILES string of the molecule is O=C(O)CCCCCN(Cc1ccccc1)C(=O)O. The summed E-state index contributed by atoms with van der Waals surface area (Å²) in [5.74, 6) is -0.806. The van der Waals surface area contributed by atoms with Crippen molar-refractivity contribution in [1.82, 2.24) is 4.90 Å². The highest BCUT2D eigenvalue weighted by atomic mass is 16.4. The van der Waals surface area contributed by atoms with Gasteiger partial charge in [-0.05, 0) is 18.4 Å². The van der Waals surface area contributed by atoms with Crippen molar-refractivity contribution < 1.29 is 19.8 Å². The van der Waals surface area contributed by atoms with Gasteiger partial charge in [0.15, 0.2) is 0 Å². The zero-order valence-corrected chi connectivity index (χ0v) is 10.8. The van der Waals surface area contributed by atoms with Crippen LogP contribution >= 0.6 is 0 Å². The minimum atomic E-state index is -0.943. The summed E-state index contributed by atoms with van der Waals surface area (Å²) in [6, 6.07) is 9.42. The Morgan fingerprint density at radius 1 is 1.00 bits per heavy atom. The van der Waals surface area contributed by atoms with Gasteiger partial charge in [-0.15, -0.1) is 0 Å². The highest BCUT2D eigenvalue weighted by Crippen LogP contribution is 2.08. The Hall–Kier alpha value is -2.04. The molecule has 0 atom stereocenters. The Kier molecular flexibility index (Phi) is 6.43. The lowest BCUT2D eigenvalue weighted by Gasteiger charge is -2.19. The largest absolute Gasteiger partial charge is 0.481 e. The minimum Gasteiger partial charge on any atom is -0.481 e. The number of unbranched alkanes of at least 4 members (excludes halogenated alkanes) is 2. The molecule has 0 spiro atoms. The number of aliphatic carboxylic acids is 1. The van der Waals surface area contributed by atoms with E-state index in [1.165, 1.54) is 4.90 Å². The van der Waals surface area contributed by atoms with E-state index in [2.05, 4.69) is 0 Å². The average Bonchev–Trinajstić information content (AvgIpc) is 2.37. The first-order valence-electron chi connectivity index (χ1n) is 6.33. The van der Waals surface area contributed by atoms with E-state index in [1.807, 2.05) is 30.3 Å². The second-order valence-electron chi connectivity index (χ2n) is 4.39. The van der Waals surface area contributed by atoms with E-state index in [1.54, 1.807) is 0 Å². The van der Waals surface area contributed by atoms with Crippen molar-refractivity contribution in [3.63, 3.8) is 0 Å². The van der Waals surface area contributed by atoms with Crippen molar-refractivity contribution in [2.24, 2.45) is 0 Å². The van der Waals surface area contributed by atoms with Crippen LogP contribution in [0, 0.1) is 0 Å². The van der Waals surface area contributed by atoms with Gasteiger partial charge in [0.05, 0.1) is 0 Å². The van der Waals surface area contributed by atoms with Crippen LogP contribution in [0.4, 0.5) is 4.79 Å². The van der Waals surface area contributed by atoms with Crippen LogP contribution in [0.15, 0.2) is 30.3 Å². The number of benzene rings is 1. The molecule has 2 N–H and O–H groups in total. The van der Waals surface area contributed by atoms with Gasteiger partial charge in [0.25, 0.3) is 0 Å². The third-order valence-corrected chi connectivity index (χ3v) is 2.81. The second kappa shape index (κ2) is 8.13. The van der Waals surface area contributed by atoms with Crippen molar-refractivity contribution in [2.75, 3.05) is 6.54 Å². The summed E-state index contributed by atoms with van der Waals surface area (Å²) >= 11 is 0. The lowest BCUT2D eigenvalue weighted by atomic mass is 10.1. The molecule has 1 rings (SSSR count). The molecule has 5 heteroatoms. The standard InChI is InChI=1S/C14H19NO4/c16-13(17)9-5-2-6-10-15(14(18)19)11-12-7-3-1-4-8-12/h1,3-4,7-8H,2,5-6,9-11H2,(H,16,17)(H,18,19). The van der Waals surface area contributed by atoms with Crippen LogP contribution < -0.4 is 0 Å². The number of rotatable bonds is 8. The fourth-order valence-electron chi connectivity index (χ4n) is 1.80. The fourth-order valence-corrected chi connectivity index (χ4v) is 1.80. The van der Waals surface area contributed by atoms with E-state index < -0.39 is 12.1 Å². The van der Waals surface area contributed by atoms with Gasteiger partial charge in [-0.2, -0.15) is 0 Å². The average molecular weight is 265 g/mol. The normalized spacial score (nSPS) is 10.1. The van der Waals surface area contributed by atoms with E-state index in [4.69, 9.17) is 10.2 Å². The molecular weight excluding hydrogens is 246 g/mol. The van der Waals surface area contributed by atoms with Crippen LogP contribution in [-0.4, -0.2) is 33.7 Å². The molecule has 0 aliphatic carbocycles. The lowest BCUT2D eigenvalue weighted by molar-refractivity contribution is -0.137. The van der Waals surface area contributed by atoms with Crippen molar-refractivity contribution in [2.45, 2.75) is 32.2 Å². The molecule has 0 fully saturated rings. The first-order valence-corrected chi connectivity index (χ1v) is 6.33. The quantitative estimate of drug-likeness (QED) is 0.708. The number of hydrogen-bond acceptors (Lipinski definition) is 2. The summed E-state index contributed by atoms with van der Waals surface area (Å²) in [5.41, 5.74) is 0.954. The maximum Gasteiger partial charge on any atom is 0.407 e. The molecule has 0 aromatic heterocycles. The molecule has 0 saturated carbocycles. The Balaban J connectivity index is 2.33. The highest BCUT2D eigenvalue weighted by molar-refractivity contribution is 5.66. The third kappa shape index (κ3) is 6.45. The number of carboxylic acid groups (broad SMARTS) is 2. The van der Waals surface area contributed by atoms with E-state index in [0.29, 0.717) is 25.9 Å². The third-order valence-electron chi connectivity index (χ3n) is 2.81. The van der Waals surface area contributed by atoms with Gasteiger partial charge in [-0.25, -0.2) is 4.79 Å². The van der Waals surface area contributed by atoms with Gasteiger partial charge in [0, 0.05) is 19.5 Å². The molecule has 5 nitrogen and oxygen atoms in total. The van der Waals surface area contributed by atoms with Crippen molar-refractivity contribution in [3.8, 4) is 0 Å². The van der Waals surface area contributed by atoms with Crippen LogP contribution in [0.25, 0.3) is 0 Å². The first kappa shape index (κ1) is 15.0. The Morgan fingerprint density at radius 2 is 1.68 bits per heavy atom. The summed E-state index contributed by atoms with van der Waals surface area (Å²) in [6.45, 7) is 0.805. The van der Waals surface area contributed by atoms with Gasteiger partial charge >= 0.3 is 12.1 Å². The molecule has 0 aliphatic rings. The smallest absolute Gasteiger partial charge is 0.407 e. The van der Waals surface area contributed by atoms with Gasteiger partial charge in [0.1, 0.15) is 0 Å². The summed E-state index contributed by atoms with van der Waals surface area (Å²) in [7, 11) is 0. The monoisotopic (exact) mass is 265 g/mol. The van der Waals surface area contributed by atoms with Crippen LogP contribution in [-0.2, 0) is 11.3 Å². The Bertz CT molecular complexity index is 405. The molecular formula is C14H19NO4. The van der Waals surface area contributed by atoms with Crippen LogP contribution in [0.3, 0.4) is 0 Å². The molecule has 104 valence electrons. The second-order valence-corrected chi connectivity index (χ2v) is 4.39. The molecule has 0 radical (unpaired) electrons. The number of amides is 1. The fraction of sp³-hybridized carbons (Fsp3) is 0.429. The zero-order chi connectivity index (χ0) is 14.1. The predicted octanol–water partition coefficient (Wildman–Crippen LogP) is 2.81. The van der Waals surface area contributed by atoms with Crippen LogP contribution in [0.5, 0.6) is 0 Å². The number of carboxylic acids is 1. The summed E-state index contributed by atoms with van der Waals surface area (Å²) in [4.78, 5) is 22.8. The van der Waals surface area contributed by atoms with Crippen molar-refractivity contribution >= 4 is 12.1 Å². The summed E-state index contributed by atoms with van der Waals surface area (Å²) in [6.07, 6.45) is 1.21. The summed E-state index contributed by atoms with van der Waals surface area (Å²) < 4.78 is 0. The zero-order valence-electron chi connectivity index (χ0n) is 10.8. The van der Waals surface area contributed by atoms with Crippen LogP contribution in [0.1, 0.15) is 31.2 Å².